The first-order valence-corrected chi connectivity index (χ1v) is 7.24. The minimum absolute atomic E-state index is 0.393. The largest absolute Gasteiger partial charge is 0.465 e. The van der Waals surface area contributed by atoms with E-state index < -0.39 is 0 Å². The maximum absolute atomic E-state index is 5.65. The molecule has 0 saturated heterocycles. The lowest BCUT2D eigenvalue weighted by Gasteiger charge is -2.27. The van der Waals surface area contributed by atoms with Crippen molar-refractivity contribution in [3.63, 3.8) is 0 Å². The van der Waals surface area contributed by atoms with Crippen molar-refractivity contribution in [1.29, 1.82) is 0 Å². The Morgan fingerprint density at radius 1 is 1.35 bits per heavy atom. The van der Waals surface area contributed by atoms with E-state index in [1.165, 1.54) is 11.3 Å². The third-order valence-electron chi connectivity index (χ3n) is 3.72. The van der Waals surface area contributed by atoms with E-state index in [0.717, 1.165) is 43.4 Å². The second kappa shape index (κ2) is 5.37. The van der Waals surface area contributed by atoms with Crippen LogP contribution in [0.4, 0.5) is 0 Å². The Labute approximate surface area is 119 Å². The van der Waals surface area contributed by atoms with Gasteiger partial charge in [0.2, 0.25) is 0 Å². The van der Waals surface area contributed by atoms with E-state index in [4.69, 9.17) is 9.40 Å². The first-order valence-electron chi connectivity index (χ1n) is 7.24. The van der Waals surface area contributed by atoms with Crippen LogP contribution in [-0.4, -0.2) is 21.4 Å². The molecule has 4 heteroatoms. The molecule has 0 spiro atoms. The molecule has 0 unspecified atom stereocenters. The molecule has 0 atom stereocenters. The first kappa shape index (κ1) is 13.3. The summed E-state index contributed by atoms with van der Waals surface area (Å²) in [6.07, 6.45) is 2.99. The SMILES string of the molecule is Cc1ccc(CN2CCc3nc(C(C)C)ncc3C2)o1. The van der Waals surface area contributed by atoms with Crippen molar-refractivity contribution in [2.45, 2.75) is 46.2 Å². The molecule has 0 bridgehead atoms. The summed E-state index contributed by atoms with van der Waals surface area (Å²) in [6, 6.07) is 4.08. The molecule has 2 aromatic rings. The zero-order valence-corrected chi connectivity index (χ0v) is 12.4. The average molecular weight is 271 g/mol. The van der Waals surface area contributed by atoms with Gasteiger partial charge in [0.25, 0.3) is 0 Å². The average Bonchev–Trinajstić information content (AvgIpc) is 2.83. The molecular weight excluding hydrogens is 250 g/mol. The molecule has 2 aromatic heterocycles. The van der Waals surface area contributed by atoms with Crippen LogP contribution in [0.2, 0.25) is 0 Å². The lowest BCUT2D eigenvalue weighted by Crippen LogP contribution is -2.31. The Balaban J connectivity index is 1.72. The van der Waals surface area contributed by atoms with Gasteiger partial charge in [-0.1, -0.05) is 13.8 Å². The lowest BCUT2D eigenvalue weighted by atomic mass is 10.1. The molecular formula is C16H21N3O. The van der Waals surface area contributed by atoms with Gasteiger partial charge < -0.3 is 4.42 Å². The number of hydrogen-bond acceptors (Lipinski definition) is 4. The van der Waals surface area contributed by atoms with Gasteiger partial charge in [0, 0.05) is 42.9 Å². The Morgan fingerprint density at radius 3 is 2.90 bits per heavy atom. The lowest BCUT2D eigenvalue weighted by molar-refractivity contribution is 0.222. The molecule has 0 N–H and O–H groups in total. The molecule has 0 aromatic carbocycles. The molecule has 1 aliphatic rings. The van der Waals surface area contributed by atoms with Crippen LogP contribution in [-0.2, 0) is 19.5 Å². The van der Waals surface area contributed by atoms with E-state index in [1.807, 2.05) is 19.2 Å². The normalized spacial score (nSPS) is 15.6. The molecule has 4 nitrogen and oxygen atoms in total. The number of rotatable bonds is 3. The van der Waals surface area contributed by atoms with Gasteiger partial charge in [-0.05, 0) is 19.1 Å². The molecule has 106 valence electrons. The molecule has 20 heavy (non-hydrogen) atoms. The highest BCUT2D eigenvalue weighted by Gasteiger charge is 2.19. The minimum Gasteiger partial charge on any atom is -0.465 e. The van der Waals surface area contributed by atoms with Crippen molar-refractivity contribution in [2.24, 2.45) is 0 Å². The number of fused-ring (bicyclic) bond motifs is 1. The summed E-state index contributed by atoms with van der Waals surface area (Å²) in [5, 5.41) is 0. The Bertz CT molecular complexity index is 604. The third kappa shape index (κ3) is 2.75. The predicted molar refractivity (Wildman–Crippen MR) is 77.4 cm³/mol. The quantitative estimate of drug-likeness (QED) is 0.860. The van der Waals surface area contributed by atoms with Crippen LogP contribution in [0, 0.1) is 6.92 Å². The molecule has 0 aliphatic carbocycles. The van der Waals surface area contributed by atoms with Gasteiger partial charge in [-0.2, -0.15) is 0 Å². The summed E-state index contributed by atoms with van der Waals surface area (Å²) in [7, 11) is 0. The first-order chi connectivity index (χ1) is 9.61. The van der Waals surface area contributed by atoms with E-state index in [0.29, 0.717) is 5.92 Å². The fourth-order valence-electron chi connectivity index (χ4n) is 2.59. The van der Waals surface area contributed by atoms with Gasteiger partial charge in [-0.25, -0.2) is 9.97 Å². The van der Waals surface area contributed by atoms with Crippen LogP contribution in [0.25, 0.3) is 0 Å². The summed E-state index contributed by atoms with van der Waals surface area (Å²) < 4.78 is 5.65. The fourth-order valence-corrected chi connectivity index (χ4v) is 2.59. The van der Waals surface area contributed by atoms with Gasteiger partial charge in [0.15, 0.2) is 0 Å². The Kier molecular flexibility index (Phi) is 3.57. The van der Waals surface area contributed by atoms with Gasteiger partial charge >= 0.3 is 0 Å². The maximum Gasteiger partial charge on any atom is 0.131 e. The highest BCUT2D eigenvalue weighted by atomic mass is 16.3. The van der Waals surface area contributed by atoms with Gasteiger partial charge in [0.05, 0.1) is 6.54 Å². The second-order valence-electron chi connectivity index (χ2n) is 5.83. The predicted octanol–water partition coefficient (Wildman–Crippen LogP) is 3.06. The van der Waals surface area contributed by atoms with Crippen molar-refractivity contribution < 1.29 is 4.42 Å². The van der Waals surface area contributed by atoms with Crippen molar-refractivity contribution in [3.05, 3.63) is 46.9 Å². The minimum atomic E-state index is 0.393. The molecule has 0 radical (unpaired) electrons. The molecule has 0 fully saturated rings. The summed E-state index contributed by atoms with van der Waals surface area (Å²) >= 11 is 0. The summed E-state index contributed by atoms with van der Waals surface area (Å²) in [4.78, 5) is 11.6. The highest BCUT2D eigenvalue weighted by molar-refractivity contribution is 5.21. The van der Waals surface area contributed by atoms with E-state index in [9.17, 15) is 0 Å². The second-order valence-corrected chi connectivity index (χ2v) is 5.83. The van der Waals surface area contributed by atoms with E-state index in [1.54, 1.807) is 0 Å². The molecule has 0 saturated carbocycles. The van der Waals surface area contributed by atoms with Gasteiger partial charge in [-0.15, -0.1) is 0 Å². The fraction of sp³-hybridized carbons (Fsp3) is 0.500. The molecule has 1 aliphatic heterocycles. The summed E-state index contributed by atoms with van der Waals surface area (Å²) in [5.41, 5.74) is 2.47. The Hall–Kier alpha value is -1.68. The van der Waals surface area contributed by atoms with Crippen molar-refractivity contribution in [2.75, 3.05) is 6.54 Å². The Morgan fingerprint density at radius 2 is 2.20 bits per heavy atom. The standard InChI is InChI=1S/C16H21N3O/c1-11(2)16-17-8-13-9-19(7-6-15(13)18-16)10-14-5-4-12(3)20-14/h4-5,8,11H,6-7,9-10H2,1-3H3. The van der Waals surface area contributed by atoms with E-state index in [-0.39, 0.29) is 0 Å². The van der Waals surface area contributed by atoms with Gasteiger partial charge in [-0.3, -0.25) is 4.90 Å². The van der Waals surface area contributed by atoms with E-state index >= 15 is 0 Å². The number of nitrogens with zero attached hydrogens (tertiary/aromatic N) is 3. The van der Waals surface area contributed by atoms with Crippen LogP contribution in [0.15, 0.2) is 22.7 Å². The number of aryl methyl sites for hydroxylation is 1. The zero-order valence-electron chi connectivity index (χ0n) is 12.4. The van der Waals surface area contributed by atoms with E-state index in [2.05, 4.69) is 29.8 Å². The van der Waals surface area contributed by atoms with Crippen LogP contribution >= 0.6 is 0 Å². The molecule has 0 amide bonds. The van der Waals surface area contributed by atoms with Crippen molar-refractivity contribution in [3.8, 4) is 0 Å². The van der Waals surface area contributed by atoms with Crippen LogP contribution < -0.4 is 0 Å². The monoisotopic (exact) mass is 271 g/mol. The smallest absolute Gasteiger partial charge is 0.131 e. The van der Waals surface area contributed by atoms with Crippen LogP contribution in [0.3, 0.4) is 0 Å². The van der Waals surface area contributed by atoms with Crippen LogP contribution in [0.5, 0.6) is 0 Å². The zero-order chi connectivity index (χ0) is 14.1. The van der Waals surface area contributed by atoms with Crippen molar-refractivity contribution >= 4 is 0 Å². The summed E-state index contributed by atoms with van der Waals surface area (Å²) in [5.74, 6) is 3.36. The maximum atomic E-state index is 5.65. The number of aromatic nitrogens is 2. The van der Waals surface area contributed by atoms with Crippen molar-refractivity contribution in [1.82, 2.24) is 14.9 Å². The topological polar surface area (TPSA) is 42.2 Å². The third-order valence-corrected chi connectivity index (χ3v) is 3.72. The molecule has 3 heterocycles. The number of hydrogen-bond donors (Lipinski definition) is 0. The molecule has 3 rings (SSSR count). The van der Waals surface area contributed by atoms with Crippen LogP contribution in [0.1, 0.15) is 48.4 Å². The number of furan rings is 1. The highest BCUT2D eigenvalue weighted by Crippen LogP contribution is 2.21. The van der Waals surface area contributed by atoms with Gasteiger partial charge in [0.1, 0.15) is 17.3 Å². The summed E-state index contributed by atoms with van der Waals surface area (Å²) in [6.45, 7) is 9.05.